The third kappa shape index (κ3) is 5.33. The Morgan fingerprint density at radius 3 is 2.35 bits per heavy atom. The lowest BCUT2D eigenvalue weighted by Gasteiger charge is -2.36. The highest BCUT2D eigenvalue weighted by Crippen LogP contribution is 2.21. The molecule has 0 radical (unpaired) electrons. The van der Waals surface area contributed by atoms with Gasteiger partial charge >= 0.3 is 0 Å². The van der Waals surface area contributed by atoms with Crippen molar-refractivity contribution in [1.82, 2.24) is 14.9 Å². The SMILES string of the molecule is CCCN1CCN(c2ccc(Nc3nc(C)c(Cc4ccccc4)c(=O)[nH]3)cc2)CC1. The lowest BCUT2D eigenvalue weighted by atomic mass is 10.1. The number of anilines is 3. The van der Waals surface area contributed by atoms with E-state index in [2.05, 4.69) is 44.1 Å². The number of aromatic amines is 1. The van der Waals surface area contributed by atoms with E-state index < -0.39 is 0 Å². The standard InChI is InChI=1S/C25H31N5O/c1-3-13-29-14-16-30(17-15-29)22-11-9-21(10-12-22)27-25-26-19(2)23(24(31)28-25)18-20-7-5-4-6-8-20/h4-12H,3,13-18H2,1-2H3,(H2,26,27,28,31). The van der Waals surface area contributed by atoms with Crippen LogP contribution in [0.4, 0.5) is 17.3 Å². The van der Waals surface area contributed by atoms with Crippen molar-refractivity contribution < 1.29 is 0 Å². The maximum atomic E-state index is 12.6. The molecule has 6 nitrogen and oxygen atoms in total. The van der Waals surface area contributed by atoms with Crippen LogP contribution in [0.1, 0.15) is 30.2 Å². The van der Waals surface area contributed by atoms with E-state index in [4.69, 9.17) is 0 Å². The number of benzene rings is 2. The Kier molecular flexibility index (Phi) is 6.67. The van der Waals surface area contributed by atoms with E-state index in [-0.39, 0.29) is 5.56 Å². The van der Waals surface area contributed by atoms with Crippen LogP contribution >= 0.6 is 0 Å². The quantitative estimate of drug-likeness (QED) is 0.610. The average molecular weight is 418 g/mol. The summed E-state index contributed by atoms with van der Waals surface area (Å²) in [6.45, 7) is 9.67. The van der Waals surface area contributed by atoms with Crippen molar-refractivity contribution in [3.05, 3.63) is 81.8 Å². The number of nitrogens with zero attached hydrogens (tertiary/aromatic N) is 3. The summed E-state index contributed by atoms with van der Waals surface area (Å²) in [6.07, 6.45) is 1.79. The molecule has 0 aliphatic carbocycles. The number of hydrogen-bond donors (Lipinski definition) is 2. The molecule has 1 saturated heterocycles. The Balaban J connectivity index is 1.41. The van der Waals surface area contributed by atoms with Gasteiger partial charge in [0.25, 0.3) is 5.56 Å². The highest BCUT2D eigenvalue weighted by molar-refractivity contribution is 5.59. The second-order valence-corrected chi connectivity index (χ2v) is 8.14. The van der Waals surface area contributed by atoms with Crippen LogP contribution in [-0.2, 0) is 6.42 Å². The summed E-state index contributed by atoms with van der Waals surface area (Å²) in [7, 11) is 0. The third-order valence-corrected chi connectivity index (χ3v) is 5.85. The predicted molar refractivity (Wildman–Crippen MR) is 128 cm³/mol. The van der Waals surface area contributed by atoms with Crippen molar-refractivity contribution in [3.63, 3.8) is 0 Å². The van der Waals surface area contributed by atoms with Crippen LogP contribution in [0.2, 0.25) is 0 Å². The number of nitrogens with one attached hydrogen (secondary N) is 2. The number of rotatable bonds is 7. The Morgan fingerprint density at radius 1 is 1.00 bits per heavy atom. The van der Waals surface area contributed by atoms with Gasteiger partial charge in [-0.1, -0.05) is 37.3 Å². The first-order valence-corrected chi connectivity index (χ1v) is 11.1. The summed E-state index contributed by atoms with van der Waals surface area (Å²) >= 11 is 0. The van der Waals surface area contributed by atoms with Gasteiger partial charge in [0.05, 0.1) is 5.69 Å². The van der Waals surface area contributed by atoms with Crippen molar-refractivity contribution in [2.75, 3.05) is 42.9 Å². The molecule has 162 valence electrons. The largest absolute Gasteiger partial charge is 0.369 e. The smallest absolute Gasteiger partial charge is 0.256 e. The summed E-state index contributed by atoms with van der Waals surface area (Å²) in [6, 6.07) is 18.3. The number of H-pyrrole nitrogens is 1. The minimum Gasteiger partial charge on any atom is -0.369 e. The van der Waals surface area contributed by atoms with E-state index in [1.54, 1.807) is 0 Å². The molecule has 0 amide bonds. The van der Waals surface area contributed by atoms with Crippen molar-refractivity contribution >= 4 is 17.3 Å². The van der Waals surface area contributed by atoms with Gasteiger partial charge in [-0.3, -0.25) is 14.7 Å². The molecule has 1 aromatic heterocycles. The first-order valence-electron chi connectivity index (χ1n) is 11.1. The molecule has 1 aliphatic rings. The Bertz CT molecular complexity index is 1040. The van der Waals surface area contributed by atoms with Gasteiger partial charge in [-0.15, -0.1) is 0 Å². The van der Waals surface area contributed by atoms with Crippen LogP contribution in [0.3, 0.4) is 0 Å². The highest BCUT2D eigenvalue weighted by Gasteiger charge is 2.16. The summed E-state index contributed by atoms with van der Waals surface area (Å²) in [5.74, 6) is 0.472. The summed E-state index contributed by atoms with van der Waals surface area (Å²) < 4.78 is 0. The molecule has 6 heteroatoms. The topological polar surface area (TPSA) is 64.3 Å². The molecular weight excluding hydrogens is 386 g/mol. The predicted octanol–water partition coefficient (Wildman–Crippen LogP) is 3.94. The van der Waals surface area contributed by atoms with Crippen LogP contribution in [0.25, 0.3) is 0 Å². The minimum absolute atomic E-state index is 0.0968. The summed E-state index contributed by atoms with van der Waals surface area (Å²) in [5, 5.41) is 3.24. The molecule has 31 heavy (non-hydrogen) atoms. The molecule has 0 atom stereocenters. The molecule has 0 saturated carbocycles. The number of hydrogen-bond acceptors (Lipinski definition) is 5. The van der Waals surface area contributed by atoms with E-state index in [1.807, 2.05) is 49.4 Å². The van der Waals surface area contributed by atoms with Gasteiger partial charge in [-0.25, -0.2) is 4.98 Å². The maximum Gasteiger partial charge on any atom is 0.256 e. The molecule has 0 spiro atoms. The highest BCUT2D eigenvalue weighted by atomic mass is 16.1. The minimum atomic E-state index is -0.0968. The van der Waals surface area contributed by atoms with Crippen LogP contribution in [-0.4, -0.2) is 47.6 Å². The van der Waals surface area contributed by atoms with E-state index in [1.165, 1.54) is 18.7 Å². The van der Waals surface area contributed by atoms with Crippen LogP contribution in [0, 0.1) is 6.92 Å². The van der Waals surface area contributed by atoms with Gasteiger partial charge in [-0.05, 0) is 49.7 Å². The number of aryl methyl sites for hydroxylation is 1. The lowest BCUT2D eigenvalue weighted by Crippen LogP contribution is -2.46. The average Bonchev–Trinajstić information content (AvgIpc) is 2.78. The Labute approximate surface area is 183 Å². The van der Waals surface area contributed by atoms with Gasteiger partial charge in [-0.2, -0.15) is 0 Å². The van der Waals surface area contributed by atoms with Crippen LogP contribution in [0.5, 0.6) is 0 Å². The van der Waals surface area contributed by atoms with Gasteiger partial charge in [0, 0.05) is 49.5 Å². The molecule has 2 N–H and O–H groups in total. The molecule has 1 aliphatic heterocycles. The molecule has 3 aromatic rings. The van der Waals surface area contributed by atoms with Crippen LogP contribution < -0.4 is 15.8 Å². The van der Waals surface area contributed by atoms with E-state index >= 15 is 0 Å². The fourth-order valence-corrected chi connectivity index (χ4v) is 4.12. The van der Waals surface area contributed by atoms with Crippen molar-refractivity contribution in [3.8, 4) is 0 Å². The lowest BCUT2D eigenvalue weighted by molar-refractivity contribution is 0.258. The first kappa shape index (κ1) is 21.1. The van der Waals surface area contributed by atoms with Crippen molar-refractivity contribution in [2.45, 2.75) is 26.7 Å². The molecule has 1 fully saturated rings. The zero-order valence-electron chi connectivity index (χ0n) is 18.4. The second-order valence-electron chi connectivity index (χ2n) is 8.14. The van der Waals surface area contributed by atoms with Gasteiger partial charge in [0.2, 0.25) is 5.95 Å². The summed E-state index contributed by atoms with van der Waals surface area (Å²) in [4.78, 5) is 25.1. The molecule has 2 heterocycles. The Morgan fingerprint density at radius 2 is 1.71 bits per heavy atom. The molecule has 0 bridgehead atoms. The number of aromatic nitrogens is 2. The third-order valence-electron chi connectivity index (χ3n) is 5.85. The number of piperazine rings is 1. The monoisotopic (exact) mass is 417 g/mol. The zero-order chi connectivity index (χ0) is 21.6. The molecule has 2 aromatic carbocycles. The van der Waals surface area contributed by atoms with Gasteiger partial charge in [0.1, 0.15) is 0 Å². The second kappa shape index (κ2) is 9.79. The van der Waals surface area contributed by atoms with E-state index in [0.29, 0.717) is 17.9 Å². The van der Waals surface area contributed by atoms with E-state index in [9.17, 15) is 4.79 Å². The fraction of sp³-hybridized carbons (Fsp3) is 0.360. The Hall–Kier alpha value is -3.12. The van der Waals surface area contributed by atoms with E-state index in [0.717, 1.165) is 43.1 Å². The van der Waals surface area contributed by atoms with Gasteiger partial charge in [0.15, 0.2) is 0 Å². The normalized spacial score (nSPS) is 14.6. The molecule has 0 unspecified atom stereocenters. The van der Waals surface area contributed by atoms with Crippen LogP contribution in [0.15, 0.2) is 59.4 Å². The molecule has 4 rings (SSSR count). The van der Waals surface area contributed by atoms with Crippen molar-refractivity contribution in [2.24, 2.45) is 0 Å². The fourth-order valence-electron chi connectivity index (χ4n) is 4.12. The van der Waals surface area contributed by atoms with Gasteiger partial charge < -0.3 is 10.2 Å². The van der Waals surface area contributed by atoms with Crippen molar-refractivity contribution in [1.29, 1.82) is 0 Å². The zero-order valence-corrected chi connectivity index (χ0v) is 18.4. The first-order chi connectivity index (χ1) is 15.1. The maximum absolute atomic E-state index is 12.6. The molecular formula is C25H31N5O. The summed E-state index contributed by atoms with van der Waals surface area (Å²) in [5.41, 5.74) is 4.60.